The number of ether oxygens (including phenoxy) is 3. The summed E-state index contributed by atoms with van der Waals surface area (Å²) in [4.78, 5) is 20.6. The highest BCUT2D eigenvalue weighted by atomic mass is 16.5. The molecule has 0 radical (unpaired) electrons. The lowest BCUT2D eigenvalue weighted by Crippen LogP contribution is -2.14. The van der Waals surface area contributed by atoms with Crippen molar-refractivity contribution in [2.24, 2.45) is 0 Å². The average molecular weight is 380 g/mol. The van der Waals surface area contributed by atoms with Gasteiger partial charge in [0.25, 0.3) is 5.91 Å². The zero-order valence-corrected chi connectivity index (χ0v) is 15.7. The Morgan fingerprint density at radius 2 is 1.54 bits per heavy atom. The standard InChI is InChI=1S/C20H20N4O4/c1-26-16-9-14(10-17(27-2)19(16)28-3)23-18-11-15(21-12-22-18)20(25)24-13-7-5-4-6-8-13/h4-12H,1-3H3,(H,24,25)(H,21,22,23). The minimum atomic E-state index is -0.332. The van der Waals surface area contributed by atoms with Gasteiger partial charge in [0, 0.05) is 29.6 Å². The monoisotopic (exact) mass is 380 g/mol. The third kappa shape index (κ3) is 4.29. The van der Waals surface area contributed by atoms with Crippen LogP contribution in [0.5, 0.6) is 17.2 Å². The Bertz CT molecular complexity index is 938. The summed E-state index contributed by atoms with van der Waals surface area (Å²) in [7, 11) is 4.62. The van der Waals surface area contributed by atoms with E-state index < -0.39 is 0 Å². The molecule has 3 aromatic rings. The Morgan fingerprint density at radius 1 is 0.857 bits per heavy atom. The van der Waals surface area contributed by atoms with Gasteiger partial charge >= 0.3 is 0 Å². The third-order valence-electron chi connectivity index (χ3n) is 3.87. The van der Waals surface area contributed by atoms with E-state index in [0.29, 0.717) is 34.4 Å². The third-order valence-corrected chi connectivity index (χ3v) is 3.87. The molecule has 28 heavy (non-hydrogen) atoms. The van der Waals surface area contributed by atoms with Gasteiger partial charge in [0.15, 0.2) is 11.5 Å². The Hall–Kier alpha value is -3.81. The highest BCUT2D eigenvalue weighted by Gasteiger charge is 2.14. The number of amides is 1. The fourth-order valence-corrected chi connectivity index (χ4v) is 2.57. The van der Waals surface area contributed by atoms with Gasteiger partial charge in [-0.3, -0.25) is 4.79 Å². The van der Waals surface area contributed by atoms with Crippen molar-refractivity contribution < 1.29 is 19.0 Å². The predicted octanol–water partition coefficient (Wildman–Crippen LogP) is 3.50. The first-order chi connectivity index (χ1) is 13.6. The van der Waals surface area contributed by atoms with E-state index in [0.717, 1.165) is 0 Å². The summed E-state index contributed by atoms with van der Waals surface area (Å²) in [5, 5.41) is 5.90. The molecule has 1 heterocycles. The van der Waals surface area contributed by atoms with E-state index >= 15 is 0 Å². The molecule has 144 valence electrons. The fourth-order valence-electron chi connectivity index (χ4n) is 2.57. The Labute approximate surface area is 162 Å². The van der Waals surface area contributed by atoms with Crippen LogP contribution in [-0.4, -0.2) is 37.2 Å². The molecule has 2 N–H and O–H groups in total. The highest BCUT2D eigenvalue weighted by Crippen LogP contribution is 2.40. The van der Waals surface area contributed by atoms with Crippen LogP contribution in [0.3, 0.4) is 0 Å². The number of aromatic nitrogens is 2. The molecule has 0 spiro atoms. The smallest absolute Gasteiger partial charge is 0.274 e. The molecule has 0 fully saturated rings. The number of benzene rings is 2. The van der Waals surface area contributed by atoms with Gasteiger partial charge < -0.3 is 24.8 Å². The lowest BCUT2D eigenvalue weighted by molar-refractivity contribution is 0.102. The van der Waals surface area contributed by atoms with Crippen LogP contribution < -0.4 is 24.8 Å². The molecule has 0 aliphatic rings. The van der Waals surface area contributed by atoms with Gasteiger partial charge in [0.05, 0.1) is 21.3 Å². The van der Waals surface area contributed by atoms with Crippen molar-refractivity contribution in [2.75, 3.05) is 32.0 Å². The van der Waals surface area contributed by atoms with Crippen molar-refractivity contribution >= 4 is 23.1 Å². The van der Waals surface area contributed by atoms with E-state index in [9.17, 15) is 4.79 Å². The predicted molar refractivity (Wildman–Crippen MR) is 106 cm³/mol. The summed E-state index contributed by atoms with van der Waals surface area (Å²) in [5.41, 5.74) is 1.57. The first-order valence-electron chi connectivity index (χ1n) is 8.40. The van der Waals surface area contributed by atoms with Crippen LogP contribution in [0.15, 0.2) is 54.9 Å². The van der Waals surface area contributed by atoms with Crippen LogP contribution in [0.1, 0.15) is 10.5 Å². The summed E-state index contributed by atoms with van der Waals surface area (Å²) in [6.07, 6.45) is 1.32. The molecular formula is C20H20N4O4. The van der Waals surface area contributed by atoms with Gasteiger partial charge in [-0.25, -0.2) is 9.97 Å². The van der Waals surface area contributed by atoms with E-state index in [-0.39, 0.29) is 11.6 Å². The van der Waals surface area contributed by atoms with Crippen LogP contribution in [0.2, 0.25) is 0 Å². The molecule has 0 atom stereocenters. The quantitative estimate of drug-likeness (QED) is 0.648. The largest absolute Gasteiger partial charge is 0.493 e. The number of hydrogen-bond acceptors (Lipinski definition) is 7. The Balaban J connectivity index is 1.82. The lowest BCUT2D eigenvalue weighted by atomic mass is 10.2. The first-order valence-corrected chi connectivity index (χ1v) is 8.40. The van der Waals surface area contributed by atoms with Crippen molar-refractivity contribution in [1.82, 2.24) is 9.97 Å². The molecule has 8 heteroatoms. The number of nitrogens with zero attached hydrogens (tertiary/aromatic N) is 2. The number of carbonyl (C=O) groups is 1. The molecular weight excluding hydrogens is 360 g/mol. The molecule has 0 bridgehead atoms. The summed E-state index contributed by atoms with van der Waals surface area (Å²) < 4.78 is 16.0. The molecule has 3 rings (SSSR count). The molecule has 0 saturated carbocycles. The second-order valence-electron chi connectivity index (χ2n) is 5.65. The van der Waals surface area contributed by atoms with Crippen LogP contribution >= 0.6 is 0 Å². The minimum Gasteiger partial charge on any atom is -0.493 e. The van der Waals surface area contributed by atoms with Crippen molar-refractivity contribution in [1.29, 1.82) is 0 Å². The molecule has 2 aromatic carbocycles. The maximum absolute atomic E-state index is 12.4. The van der Waals surface area contributed by atoms with E-state index in [1.54, 1.807) is 30.3 Å². The molecule has 0 aliphatic carbocycles. The van der Waals surface area contributed by atoms with Gasteiger partial charge in [0.1, 0.15) is 17.8 Å². The summed E-state index contributed by atoms with van der Waals surface area (Å²) in [5.74, 6) is 1.60. The molecule has 1 aromatic heterocycles. The van der Waals surface area contributed by atoms with Gasteiger partial charge in [-0.1, -0.05) is 18.2 Å². The Kier molecular flexibility index (Phi) is 5.91. The van der Waals surface area contributed by atoms with Crippen LogP contribution in [-0.2, 0) is 0 Å². The van der Waals surface area contributed by atoms with Crippen LogP contribution in [0, 0.1) is 0 Å². The van der Waals surface area contributed by atoms with Crippen LogP contribution in [0.4, 0.5) is 17.2 Å². The zero-order chi connectivity index (χ0) is 19.9. The summed E-state index contributed by atoms with van der Waals surface area (Å²) in [6.45, 7) is 0. The summed E-state index contributed by atoms with van der Waals surface area (Å²) in [6, 6.07) is 14.2. The van der Waals surface area contributed by atoms with Crippen molar-refractivity contribution in [3.8, 4) is 17.2 Å². The van der Waals surface area contributed by atoms with E-state index in [2.05, 4.69) is 20.6 Å². The number of rotatable bonds is 7. The SMILES string of the molecule is COc1cc(Nc2cc(C(=O)Nc3ccccc3)ncn2)cc(OC)c1OC. The molecule has 0 unspecified atom stereocenters. The zero-order valence-electron chi connectivity index (χ0n) is 15.7. The first kappa shape index (κ1) is 19.0. The van der Waals surface area contributed by atoms with E-state index in [4.69, 9.17) is 14.2 Å². The molecule has 0 aliphatic heterocycles. The summed E-state index contributed by atoms with van der Waals surface area (Å²) >= 11 is 0. The van der Waals surface area contributed by atoms with Crippen LogP contribution in [0.25, 0.3) is 0 Å². The van der Waals surface area contributed by atoms with Crippen molar-refractivity contribution in [3.63, 3.8) is 0 Å². The van der Waals surface area contributed by atoms with Gasteiger partial charge in [0.2, 0.25) is 5.75 Å². The van der Waals surface area contributed by atoms with Crippen molar-refractivity contribution in [2.45, 2.75) is 0 Å². The molecule has 0 saturated heterocycles. The second-order valence-corrected chi connectivity index (χ2v) is 5.65. The fraction of sp³-hybridized carbons (Fsp3) is 0.150. The molecule has 8 nitrogen and oxygen atoms in total. The number of para-hydroxylation sites is 1. The number of carbonyl (C=O) groups excluding carboxylic acids is 1. The van der Waals surface area contributed by atoms with Crippen molar-refractivity contribution in [3.05, 3.63) is 60.6 Å². The normalized spacial score (nSPS) is 10.1. The maximum Gasteiger partial charge on any atom is 0.274 e. The number of nitrogens with one attached hydrogen (secondary N) is 2. The Morgan fingerprint density at radius 3 is 2.14 bits per heavy atom. The van der Waals surface area contributed by atoms with Gasteiger partial charge in [-0.15, -0.1) is 0 Å². The number of methoxy groups -OCH3 is 3. The second kappa shape index (κ2) is 8.72. The minimum absolute atomic E-state index is 0.230. The topological polar surface area (TPSA) is 94.6 Å². The maximum atomic E-state index is 12.4. The van der Waals surface area contributed by atoms with E-state index in [1.165, 1.54) is 27.7 Å². The number of hydrogen-bond donors (Lipinski definition) is 2. The number of anilines is 3. The van der Waals surface area contributed by atoms with Gasteiger partial charge in [-0.2, -0.15) is 0 Å². The van der Waals surface area contributed by atoms with E-state index in [1.807, 2.05) is 18.2 Å². The highest BCUT2D eigenvalue weighted by molar-refractivity contribution is 6.03. The average Bonchev–Trinajstić information content (AvgIpc) is 2.73. The lowest BCUT2D eigenvalue weighted by Gasteiger charge is -2.15. The van der Waals surface area contributed by atoms with Gasteiger partial charge in [-0.05, 0) is 12.1 Å². The molecule has 1 amide bonds.